The van der Waals surface area contributed by atoms with Crippen molar-refractivity contribution in [1.29, 1.82) is 0 Å². The predicted molar refractivity (Wildman–Crippen MR) is 64.2 cm³/mol. The van der Waals surface area contributed by atoms with Crippen LogP contribution in [-0.4, -0.2) is 9.97 Å². The van der Waals surface area contributed by atoms with Crippen molar-refractivity contribution >= 4 is 28.8 Å². The van der Waals surface area contributed by atoms with Gasteiger partial charge in [0.1, 0.15) is 5.69 Å². The van der Waals surface area contributed by atoms with E-state index in [1.165, 1.54) is 11.3 Å². The summed E-state index contributed by atoms with van der Waals surface area (Å²) in [6.07, 6.45) is 0. The van der Waals surface area contributed by atoms with Crippen LogP contribution >= 0.6 is 22.9 Å². The molecule has 0 aliphatic heterocycles. The molecular formula is C10H10ClN3S. The molecule has 0 unspecified atom stereocenters. The van der Waals surface area contributed by atoms with Crippen LogP contribution < -0.4 is 5.73 Å². The molecule has 5 heteroatoms. The second-order valence-electron chi connectivity index (χ2n) is 3.23. The molecule has 2 aromatic rings. The molecule has 0 bridgehead atoms. The maximum Gasteiger partial charge on any atom is 0.151 e. The maximum absolute atomic E-state index is 5.86. The van der Waals surface area contributed by atoms with Gasteiger partial charge in [0, 0.05) is 0 Å². The largest absolute Gasteiger partial charge is 0.382 e. The SMILES string of the molecule is Cc1nc(N)c(-c2ccc(Cl)s2)nc1C. The topological polar surface area (TPSA) is 51.8 Å². The van der Waals surface area contributed by atoms with E-state index in [-0.39, 0.29) is 0 Å². The molecule has 0 amide bonds. The van der Waals surface area contributed by atoms with E-state index in [9.17, 15) is 0 Å². The quantitative estimate of drug-likeness (QED) is 0.832. The summed E-state index contributed by atoms with van der Waals surface area (Å²) < 4.78 is 0.726. The molecule has 0 radical (unpaired) electrons. The standard InChI is InChI=1S/C10H10ClN3S/c1-5-6(2)14-10(12)9(13-5)7-3-4-8(11)15-7/h3-4H,1-2H3,(H2,12,14). The van der Waals surface area contributed by atoms with E-state index in [0.717, 1.165) is 26.3 Å². The van der Waals surface area contributed by atoms with E-state index in [2.05, 4.69) is 9.97 Å². The Morgan fingerprint density at radius 3 is 2.47 bits per heavy atom. The summed E-state index contributed by atoms with van der Waals surface area (Å²) in [7, 11) is 0. The smallest absolute Gasteiger partial charge is 0.151 e. The third-order valence-electron chi connectivity index (χ3n) is 2.14. The van der Waals surface area contributed by atoms with Crippen molar-refractivity contribution in [1.82, 2.24) is 9.97 Å². The first kappa shape index (κ1) is 10.4. The molecule has 2 rings (SSSR count). The average Bonchev–Trinajstić information content (AvgIpc) is 2.58. The van der Waals surface area contributed by atoms with Gasteiger partial charge in [-0.2, -0.15) is 0 Å². The van der Waals surface area contributed by atoms with Gasteiger partial charge in [0.2, 0.25) is 0 Å². The normalized spacial score (nSPS) is 10.6. The fourth-order valence-electron chi connectivity index (χ4n) is 1.24. The van der Waals surface area contributed by atoms with Gasteiger partial charge in [-0.15, -0.1) is 11.3 Å². The molecular weight excluding hydrogens is 230 g/mol. The minimum atomic E-state index is 0.455. The zero-order chi connectivity index (χ0) is 11.0. The van der Waals surface area contributed by atoms with Crippen LogP contribution in [0, 0.1) is 13.8 Å². The number of anilines is 1. The van der Waals surface area contributed by atoms with Crippen molar-refractivity contribution in [3.8, 4) is 10.6 Å². The van der Waals surface area contributed by atoms with Crippen LogP contribution in [0.15, 0.2) is 12.1 Å². The lowest BCUT2D eigenvalue weighted by atomic mass is 10.3. The van der Waals surface area contributed by atoms with Crippen LogP contribution in [0.4, 0.5) is 5.82 Å². The van der Waals surface area contributed by atoms with Crippen LogP contribution in [0.2, 0.25) is 4.34 Å². The Labute approximate surface area is 96.9 Å². The number of nitrogens with zero attached hydrogens (tertiary/aromatic N) is 2. The summed E-state index contributed by atoms with van der Waals surface area (Å²) in [5.74, 6) is 0.455. The summed E-state index contributed by atoms with van der Waals surface area (Å²) in [5.41, 5.74) is 8.29. The Bertz CT molecular complexity index is 507. The minimum Gasteiger partial charge on any atom is -0.382 e. The Morgan fingerprint density at radius 1 is 1.20 bits per heavy atom. The van der Waals surface area contributed by atoms with Crippen molar-refractivity contribution in [3.63, 3.8) is 0 Å². The molecule has 0 aliphatic rings. The number of hydrogen-bond donors (Lipinski definition) is 1. The predicted octanol–water partition coefficient (Wildman–Crippen LogP) is 3.06. The van der Waals surface area contributed by atoms with Crippen molar-refractivity contribution < 1.29 is 0 Å². The van der Waals surface area contributed by atoms with Crippen LogP contribution in [0.1, 0.15) is 11.4 Å². The van der Waals surface area contributed by atoms with Gasteiger partial charge in [-0.05, 0) is 26.0 Å². The number of aromatic nitrogens is 2. The van der Waals surface area contributed by atoms with Gasteiger partial charge in [0.15, 0.2) is 5.82 Å². The van der Waals surface area contributed by atoms with E-state index >= 15 is 0 Å². The first-order valence-corrected chi connectivity index (χ1v) is 5.64. The van der Waals surface area contributed by atoms with Gasteiger partial charge in [-0.1, -0.05) is 11.6 Å². The second-order valence-corrected chi connectivity index (χ2v) is 4.95. The highest BCUT2D eigenvalue weighted by Gasteiger charge is 2.10. The van der Waals surface area contributed by atoms with Crippen molar-refractivity contribution in [2.75, 3.05) is 5.73 Å². The zero-order valence-electron chi connectivity index (χ0n) is 8.41. The molecule has 15 heavy (non-hydrogen) atoms. The number of nitrogens with two attached hydrogens (primary N) is 1. The number of halogens is 1. The summed E-state index contributed by atoms with van der Waals surface area (Å²) in [4.78, 5) is 9.61. The molecule has 3 nitrogen and oxygen atoms in total. The Hall–Kier alpha value is -1.13. The van der Waals surface area contributed by atoms with E-state index < -0.39 is 0 Å². The van der Waals surface area contributed by atoms with Gasteiger partial charge in [0.05, 0.1) is 20.6 Å². The monoisotopic (exact) mass is 239 g/mol. The lowest BCUT2D eigenvalue weighted by Crippen LogP contribution is -2.01. The van der Waals surface area contributed by atoms with E-state index in [4.69, 9.17) is 17.3 Å². The van der Waals surface area contributed by atoms with Crippen molar-refractivity contribution in [2.45, 2.75) is 13.8 Å². The molecule has 0 aliphatic carbocycles. The highest BCUT2D eigenvalue weighted by Crippen LogP contribution is 2.32. The molecule has 0 saturated heterocycles. The fraction of sp³-hybridized carbons (Fsp3) is 0.200. The Morgan fingerprint density at radius 2 is 1.87 bits per heavy atom. The number of thiophene rings is 1. The lowest BCUT2D eigenvalue weighted by molar-refractivity contribution is 1.06. The van der Waals surface area contributed by atoms with Gasteiger partial charge >= 0.3 is 0 Å². The van der Waals surface area contributed by atoms with Crippen LogP contribution in [0.5, 0.6) is 0 Å². The fourth-order valence-corrected chi connectivity index (χ4v) is 2.28. The number of aryl methyl sites for hydroxylation is 2. The summed E-state index contributed by atoms with van der Waals surface area (Å²) in [5, 5.41) is 0. The number of nitrogen functional groups attached to an aromatic ring is 1. The Balaban J connectivity index is 2.58. The first-order valence-electron chi connectivity index (χ1n) is 4.44. The van der Waals surface area contributed by atoms with Crippen molar-refractivity contribution in [2.24, 2.45) is 0 Å². The molecule has 0 aromatic carbocycles. The molecule has 0 fully saturated rings. The zero-order valence-corrected chi connectivity index (χ0v) is 9.99. The molecule has 2 aromatic heterocycles. The van der Waals surface area contributed by atoms with Crippen LogP contribution in [-0.2, 0) is 0 Å². The molecule has 78 valence electrons. The summed E-state index contributed by atoms with van der Waals surface area (Å²) in [6, 6.07) is 3.74. The highest BCUT2D eigenvalue weighted by atomic mass is 35.5. The highest BCUT2D eigenvalue weighted by molar-refractivity contribution is 7.19. The van der Waals surface area contributed by atoms with Crippen LogP contribution in [0.25, 0.3) is 10.6 Å². The summed E-state index contributed by atoms with van der Waals surface area (Å²) in [6.45, 7) is 3.81. The number of hydrogen-bond acceptors (Lipinski definition) is 4. The van der Waals surface area contributed by atoms with Gasteiger partial charge < -0.3 is 5.73 Å². The molecule has 0 atom stereocenters. The number of rotatable bonds is 1. The van der Waals surface area contributed by atoms with E-state index in [0.29, 0.717) is 5.82 Å². The average molecular weight is 240 g/mol. The summed E-state index contributed by atoms with van der Waals surface area (Å²) >= 11 is 7.32. The maximum atomic E-state index is 5.86. The van der Waals surface area contributed by atoms with E-state index in [1.807, 2.05) is 26.0 Å². The third-order valence-corrected chi connectivity index (χ3v) is 3.38. The van der Waals surface area contributed by atoms with Gasteiger partial charge in [-0.3, -0.25) is 0 Å². The lowest BCUT2D eigenvalue weighted by Gasteiger charge is -2.05. The second kappa shape index (κ2) is 3.79. The first-order chi connectivity index (χ1) is 7.08. The third kappa shape index (κ3) is 1.96. The van der Waals surface area contributed by atoms with Gasteiger partial charge in [0.25, 0.3) is 0 Å². The molecule has 0 spiro atoms. The minimum absolute atomic E-state index is 0.455. The molecule has 0 saturated carbocycles. The Kier molecular flexibility index (Phi) is 2.63. The van der Waals surface area contributed by atoms with E-state index in [1.54, 1.807) is 0 Å². The molecule has 2 N–H and O–H groups in total. The van der Waals surface area contributed by atoms with Crippen LogP contribution in [0.3, 0.4) is 0 Å². The van der Waals surface area contributed by atoms with Crippen molar-refractivity contribution in [3.05, 3.63) is 27.9 Å². The van der Waals surface area contributed by atoms with Gasteiger partial charge in [-0.25, -0.2) is 9.97 Å². The molecule has 2 heterocycles.